The molecule has 0 radical (unpaired) electrons. The Labute approximate surface area is 99.8 Å². The minimum Gasteiger partial charge on any atom is -0.341 e. The van der Waals surface area contributed by atoms with Gasteiger partial charge in [0.2, 0.25) is 5.24 Å². The fraction of sp³-hybridized carbons (Fsp3) is 0.333. The van der Waals surface area contributed by atoms with Gasteiger partial charge in [-0.3, -0.25) is 9.59 Å². The highest BCUT2D eigenvalue weighted by atomic mass is 35.5. The lowest BCUT2D eigenvalue weighted by Crippen LogP contribution is -2.42. The van der Waals surface area contributed by atoms with E-state index < -0.39 is 11.3 Å². The molecule has 1 rings (SSSR count). The van der Waals surface area contributed by atoms with Crippen LogP contribution in [0.1, 0.15) is 24.2 Å². The van der Waals surface area contributed by atoms with Crippen molar-refractivity contribution in [2.75, 3.05) is 0 Å². The molecule has 0 aliphatic carbocycles. The van der Waals surface area contributed by atoms with Crippen LogP contribution in [0.15, 0.2) is 30.3 Å². The second-order valence-corrected chi connectivity index (χ2v) is 4.24. The molecule has 0 aliphatic rings. The molecule has 1 atom stereocenters. The summed E-state index contributed by atoms with van der Waals surface area (Å²) in [4.78, 5) is 22.8. The molecule has 86 valence electrons. The Balaban J connectivity index is 2.74. The van der Waals surface area contributed by atoms with E-state index in [-0.39, 0.29) is 11.8 Å². The van der Waals surface area contributed by atoms with Crippen molar-refractivity contribution in [2.45, 2.75) is 19.9 Å². The van der Waals surface area contributed by atoms with E-state index in [2.05, 4.69) is 5.32 Å². The number of carbonyl (C=O) groups excluding carboxylic acids is 2. The average molecular weight is 240 g/mol. The topological polar surface area (TPSA) is 46.2 Å². The van der Waals surface area contributed by atoms with Crippen molar-refractivity contribution in [2.24, 2.45) is 5.92 Å². The van der Waals surface area contributed by atoms with Crippen molar-refractivity contribution in [1.29, 1.82) is 0 Å². The van der Waals surface area contributed by atoms with E-state index in [4.69, 9.17) is 11.6 Å². The van der Waals surface area contributed by atoms with Crippen LogP contribution in [0.5, 0.6) is 0 Å². The van der Waals surface area contributed by atoms with Gasteiger partial charge in [-0.15, -0.1) is 0 Å². The highest BCUT2D eigenvalue weighted by Gasteiger charge is 2.22. The molecule has 1 aromatic rings. The van der Waals surface area contributed by atoms with Crippen molar-refractivity contribution in [3.8, 4) is 0 Å². The predicted molar refractivity (Wildman–Crippen MR) is 63.4 cm³/mol. The normalized spacial score (nSPS) is 12.2. The van der Waals surface area contributed by atoms with Crippen LogP contribution in [-0.2, 0) is 4.79 Å². The summed E-state index contributed by atoms with van der Waals surface area (Å²) < 4.78 is 0. The number of benzene rings is 1. The first-order chi connectivity index (χ1) is 7.52. The molecule has 0 saturated carbocycles. The van der Waals surface area contributed by atoms with Crippen molar-refractivity contribution < 1.29 is 9.59 Å². The first-order valence-electron chi connectivity index (χ1n) is 5.07. The van der Waals surface area contributed by atoms with Crippen LogP contribution in [0.3, 0.4) is 0 Å². The molecule has 1 unspecified atom stereocenters. The Morgan fingerprint density at radius 1 is 1.19 bits per heavy atom. The lowest BCUT2D eigenvalue weighted by molar-refractivity contribution is -0.114. The summed E-state index contributed by atoms with van der Waals surface area (Å²) in [5.41, 5.74) is 0.520. The van der Waals surface area contributed by atoms with E-state index in [9.17, 15) is 9.59 Å². The van der Waals surface area contributed by atoms with E-state index in [0.29, 0.717) is 5.56 Å². The van der Waals surface area contributed by atoms with Gasteiger partial charge >= 0.3 is 0 Å². The number of halogens is 1. The van der Waals surface area contributed by atoms with Gasteiger partial charge in [-0.2, -0.15) is 0 Å². The van der Waals surface area contributed by atoms with Crippen LogP contribution in [0.4, 0.5) is 0 Å². The van der Waals surface area contributed by atoms with Crippen molar-refractivity contribution in [3.63, 3.8) is 0 Å². The Hall–Kier alpha value is -1.35. The summed E-state index contributed by atoms with van der Waals surface area (Å²) in [5, 5.41) is 2.07. The molecule has 0 heterocycles. The zero-order valence-electron chi connectivity index (χ0n) is 9.24. The average Bonchev–Trinajstić information content (AvgIpc) is 2.25. The number of hydrogen-bond acceptors (Lipinski definition) is 2. The number of hydrogen-bond donors (Lipinski definition) is 1. The largest absolute Gasteiger partial charge is 0.341 e. The molecule has 1 amide bonds. The molecular weight excluding hydrogens is 226 g/mol. The van der Waals surface area contributed by atoms with E-state index in [1.807, 2.05) is 19.9 Å². The maximum atomic E-state index is 11.7. The van der Waals surface area contributed by atoms with Crippen LogP contribution in [-0.4, -0.2) is 17.2 Å². The second kappa shape index (κ2) is 5.66. The fourth-order valence-corrected chi connectivity index (χ4v) is 1.61. The quantitative estimate of drug-likeness (QED) is 0.819. The van der Waals surface area contributed by atoms with Gasteiger partial charge in [0, 0.05) is 5.56 Å². The summed E-state index contributed by atoms with van der Waals surface area (Å²) >= 11 is 5.42. The van der Waals surface area contributed by atoms with Gasteiger partial charge in [0.15, 0.2) is 0 Å². The van der Waals surface area contributed by atoms with Gasteiger partial charge in [-0.05, 0) is 29.7 Å². The lowest BCUT2D eigenvalue weighted by Gasteiger charge is -2.18. The summed E-state index contributed by atoms with van der Waals surface area (Å²) in [6, 6.07) is 8.08. The van der Waals surface area contributed by atoms with Gasteiger partial charge in [0.05, 0.1) is 0 Å². The highest BCUT2D eigenvalue weighted by Crippen LogP contribution is 2.07. The summed E-state index contributed by atoms with van der Waals surface area (Å²) in [5.74, 6) is -0.314. The number of amides is 1. The van der Waals surface area contributed by atoms with Crippen LogP contribution in [0.25, 0.3) is 0 Å². The first-order valence-corrected chi connectivity index (χ1v) is 5.45. The van der Waals surface area contributed by atoms with Gasteiger partial charge in [0.25, 0.3) is 5.91 Å². The molecule has 0 aliphatic heterocycles. The predicted octanol–water partition coefficient (Wildman–Crippen LogP) is 2.21. The lowest BCUT2D eigenvalue weighted by atomic mass is 10.1. The Bertz CT molecular complexity index is 376. The fourth-order valence-electron chi connectivity index (χ4n) is 1.30. The smallest absolute Gasteiger partial charge is 0.251 e. The first kappa shape index (κ1) is 12.7. The third-order valence-corrected chi connectivity index (χ3v) is 2.47. The van der Waals surface area contributed by atoms with Crippen LogP contribution >= 0.6 is 11.6 Å². The Kier molecular flexibility index (Phi) is 4.50. The molecule has 3 nitrogen and oxygen atoms in total. The standard InChI is InChI=1S/C12H14ClNO2/c1-8(2)10(11(13)15)14-12(16)9-6-4-3-5-7-9/h3-8,10H,1-2H3,(H,14,16). The number of rotatable bonds is 4. The van der Waals surface area contributed by atoms with Gasteiger partial charge in [0.1, 0.15) is 6.04 Å². The maximum Gasteiger partial charge on any atom is 0.251 e. The Morgan fingerprint density at radius 2 is 1.75 bits per heavy atom. The van der Waals surface area contributed by atoms with E-state index in [0.717, 1.165) is 0 Å². The van der Waals surface area contributed by atoms with Gasteiger partial charge < -0.3 is 5.32 Å². The summed E-state index contributed by atoms with van der Waals surface area (Å²) in [6.45, 7) is 3.66. The molecular formula is C12H14ClNO2. The maximum absolute atomic E-state index is 11.7. The SMILES string of the molecule is CC(C)C(NC(=O)c1ccccc1)C(=O)Cl. The molecule has 16 heavy (non-hydrogen) atoms. The van der Waals surface area contributed by atoms with Crippen LogP contribution < -0.4 is 5.32 Å². The molecule has 4 heteroatoms. The van der Waals surface area contributed by atoms with Crippen molar-refractivity contribution in [3.05, 3.63) is 35.9 Å². The van der Waals surface area contributed by atoms with Gasteiger partial charge in [-0.1, -0.05) is 32.0 Å². The van der Waals surface area contributed by atoms with Crippen LogP contribution in [0.2, 0.25) is 0 Å². The molecule has 0 fully saturated rings. The van der Waals surface area contributed by atoms with Gasteiger partial charge in [-0.25, -0.2) is 0 Å². The summed E-state index contributed by atoms with van der Waals surface area (Å²) in [7, 11) is 0. The molecule has 0 bridgehead atoms. The molecule has 0 aromatic heterocycles. The molecule has 0 saturated heterocycles. The van der Waals surface area contributed by atoms with Crippen molar-refractivity contribution in [1.82, 2.24) is 5.32 Å². The number of carbonyl (C=O) groups is 2. The Morgan fingerprint density at radius 3 is 2.19 bits per heavy atom. The minimum absolute atomic E-state index is 0.0299. The number of nitrogens with one attached hydrogen (secondary N) is 1. The second-order valence-electron chi connectivity index (χ2n) is 3.87. The third-order valence-electron chi connectivity index (χ3n) is 2.23. The van der Waals surface area contributed by atoms with E-state index in [1.54, 1.807) is 24.3 Å². The monoisotopic (exact) mass is 239 g/mol. The van der Waals surface area contributed by atoms with Crippen LogP contribution in [0, 0.1) is 5.92 Å². The molecule has 1 N–H and O–H groups in total. The van der Waals surface area contributed by atoms with Crippen molar-refractivity contribution >= 4 is 22.8 Å². The molecule has 0 spiro atoms. The highest BCUT2D eigenvalue weighted by molar-refractivity contribution is 6.64. The minimum atomic E-state index is -0.644. The third kappa shape index (κ3) is 3.35. The zero-order valence-corrected chi connectivity index (χ0v) is 9.99. The zero-order chi connectivity index (χ0) is 12.1. The molecule has 1 aromatic carbocycles. The van der Waals surface area contributed by atoms with E-state index in [1.165, 1.54) is 0 Å². The van der Waals surface area contributed by atoms with E-state index >= 15 is 0 Å². The summed E-state index contributed by atoms with van der Waals surface area (Å²) in [6.07, 6.45) is 0.